The normalized spacial score (nSPS) is 18.8. The van der Waals surface area contributed by atoms with Crippen molar-refractivity contribution in [3.63, 3.8) is 0 Å². The van der Waals surface area contributed by atoms with E-state index in [1.165, 1.54) is 0 Å². The zero-order valence-electron chi connectivity index (χ0n) is 28.1. The van der Waals surface area contributed by atoms with Crippen LogP contribution in [0.1, 0.15) is 43.6 Å². The van der Waals surface area contributed by atoms with Crippen molar-refractivity contribution in [3.05, 3.63) is 83.3 Å². The molecule has 3 saturated heterocycles. The summed E-state index contributed by atoms with van der Waals surface area (Å²) in [5, 5.41) is 2.61. The van der Waals surface area contributed by atoms with Crippen molar-refractivity contribution in [1.29, 1.82) is 0 Å². The molecule has 6 heterocycles. The lowest BCUT2D eigenvalue weighted by Crippen LogP contribution is -2.43. The zero-order chi connectivity index (χ0) is 34.4. The maximum absolute atomic E-state index is 16.8. The Kier molecular flexibility index (Phi) is 8.56. The second-order valence-corrected chi connectivity index (χ2v) is 14.0. The molecule has 3 aliphatic rings. The SMILES string of the molecule is Cc1nccc(/C=C/C(=O)N2CCC(N(C)c3nc(OCC45CCCN4CCC5)nc4c(F)c(-c5cccc6cccc(Cl)c56)ncc34)C2)n1. The van der Waals surface area contributed by atoms with Gasteiger partial charge in [-0.05, 0) is 75.7 Å². The van der Waals surface area contributed by atoms with Crippen LogP contribution < -0.4 is 9.64 Å². The molecule has 12 heteroatoms. The lowest BCUT2D eigenvalue weighted by Gasteiger charge is -2.31. The molecule has 3 aliphatic heterocycles. The molecule has 8 rings (SSSR count). The molecule has 0 spiro atoms. The van der Waals surface area contributed by atoms with Crippen molar-refractivity contribution in [2.75, 3.05) is 44.7 Å². The van der Waals surface area contributed by atoms with E-state index in [0.717, 1.165) is 49.5 Å². The van der Waals surface area contributed by atoms with E-state index in [9.17, 15) is 4.79 Å². The third-order valence-electron chi connectivity index (χ3n) is 10.6. The minimum Gasteiger partial charge on any atom is -0.461 e. The van der Waals surface area contributed by atoms with Gasteiger partial charge in [0.1, 0.15) is 29.5 Å². The highest BCUT2D eigenvalue weighted by Crippen LogP contribution is 2.40. The van der Waals surface area contributed by atoms with Crippen LogP contribution >= 0.6 is 11.6 Å². The molecule has 0 saturated carbocycles. The first-order chi connectivity index (χ1) is 24.3. The summed E-state index contributed by atoms with van der Waals surface area (Å²) in [6, 6.07) is 13.1. The molecule has 5 aromatic rings. The lowest BCUT2D eigenvalue weighted by molar-refractivity contribution is -0.124. The van der Waals surface area contributed by atoms with Gasteiger partial charge in [-0.15, -0.1) is 0 Å². The van der Waals surface area contributed by atoms with E-state index in [0.29, 0.717) is 59.4 Å². The molecule has 1 unspecified atom stereocenters. The van der Waals surface area contributed by atoms with Crippen LogP contribution in [0.5, 0.6) is 6.01 Å². The molecular weight excluding hydrogens is 655 g/mol. The minimum atomic E-state index is -0.563. The number of rotatable bonds is 8. The van der Waals surface area contributed by atoms with E-state index in [-0.39, 0.29) is 34.7 Å². The number of hydrogen-bond donors (Lipinski definition) is 0. The number of likely N-dealkylation sites (tertiary alicyclic amines) is 1. The first-order valence-electron chi connectivity index (χ1n) is 17.2. The van der Waals surface area contributed by atoms with Crippen LogP contribution in [0.4, 0.5) is 10.2 Å². The van der Waals surface area contributed by atoms with Gasteiger partial charge in [-0.25, -0.2) is 14.4 Å². The van der Waals surface area contributed by atoms with Gasteiger partial charge in [-0.2, -0.15) is 9.97 Å². The number of carbonyl (C=O) groups is 1. The number of ether oxygens (including phenoxy) is 1. The Labute approximate surface area is 295 Å². The average molecular weight is 693 g/mol. The van der Waals surface area contributed by atoms with Crippen molar-refractivity contribution in [2.45, 2.75) is 50.6 Å². The van der Waals surface area contributed by atoms with Crippen molar-refractivity contribution in [1.82, 2.24) is 34.7 Å². The summed E-state index contributed by atoms with van der Waals surface area (Å²) in [7, 11) is 1.92. The summed E-state index contributed by atoms with van der Waals surface area (Å²) in [6.07, 6.45) is 11.7. The molecule has 3 fully saturated rings. The van der Waals surface area contributed by atoms with Gasteiger partial charge in [0.15, 0.2) is 5.82 Å². The third kappa shape index (κ3) is 5.92. The molecule has 0 aliphatic carbocycles. The number of hydrogen-bond acceptors (Lipinski definition) is 9. The Morgan fingerprint density at radius 2 is 1.88 bits per heavy atom. The third-order valence-corrected chi connectivity index (χ3v) is 10.9. The monoisotopic (exact) mass is 692 g/mol. The highest BCUT2D eigenvalue weighted by atomic mass is 35.5. The Morgan fingerprint density at radius 3 is 2.68 bits per heavy atom. The number of likely N-dealkylation sites (N-methyl/N-ethyl adjacent to an activating group) is 1. The number of aryl methyl sites for hydroxylation is 1. The van der Waals surface area contributed by atoms with Crippen LogP contribution in [0.2, 0.25) is 5.02 Å². The Hall–Kier alpha value is -4.74. The predicted molar refractivity (Wildman–Crippen MR) is 193 cm³/mol. The topological polar surface area (TPSA) is 100 Å². The molecule has 256 valence electrons. The number of nitrogens with zero attached hydrogens (tertiary/aromatic N) is 8. The predicted octanol–water partition coefficient (Wildman–Crippen LogP) is 6.49. The maximum atomic E-state index is 16.8. The van der Waals surface area contributed by atoms with Crippen molar-refractivity contribution < 1.29 is 13.9 Å². The molecule has 10 nitrogen and oxygen atoms in total. The van der Waals surface area contributed by atoms with Gasteiger partial charge in [-0.3, -0.25) is 14.7 Å². The number of benzene rings is 2. The Bertz CT molecular complexity index is 2130. The number of halogens is 2. The fourth-order valence-corrected chi connectivity index (χ4v) is 8.24. The molecule has 50 heavy (non-hydrogen) atoms. The van der Waals surface area contributed by atoms with E-state index in [1.807, 2.05) is 54.1 Å². The van der Waals surface area contributed by atoms with E-state index in [2.05, 4.69) is 19.9 Å². The second kappa shape index (κ2) is 13.2. The molecular formula is C38H38ClFN8O2. The number of amides is 1. The molecule has 0 radical (unpaired) electrons. The number of anilines is 1. The smallest absolute Gasteiger partial charge is 0.319 e. The standard InChI is InChI=1S/C38H38ClFN8O2/c1-24-41-17-13-26(43-24)11-12-31(49)47-20-14-27(22-47)46(2)36-29-21-42-34(28-9-3-7-25-8-4-10-30(39)32(25)28)33(40)35(29)44-37(45-36)50-23-38-15-5-18-48(38)19-6-16-38/h3-4,7-13,17,21,27H,5-6,14-16,18-20,22-23H2,1-2H3/b12-11+. The highest BCUT2D eigenvalue weighted by molar-refractivity contribution is 6.36. The number of fused-ring (bicyclic) bond motifs is 3. The van der Waals surface area contributed by atoms with Gasteiger partial charge in [0.05, 0.1) is 16.6 Å². The van der Waals surface area contributed by atoms with E-state index >= 15 is 4.39 Å². The van der Waals surface area contributed by atoms with Crippen LogP contribution in [-0.4, -0.2) is 92.0 Å². The van der Waals surface area contributed by atoms with E-state index in [1.54, 1.807) is 36.7 Å². The van der Waals surface area contributed by atoms with Crippen molar-refractivity contribution in [2.24, 2.45) is 0 Å². The second-order valence-electron chi connectivity index (χ2n) is 13.6. The Morgan fingerprint density at radius 1 is 1.08 bits per heavy atom. The summed E-state index contributed by atoms with van der Waals surface area (Å²) < 4.78 is 23.2. The number of pyridine rings is 1. The van der Waals surface area contributed by atoms with Crippen LogP contribution in [-0.2, 0) is 4.79 Å². The quantitative estimate of drug-likeness (QED) is 0.169. The van der Waals surface area contributed by atoms with Gasteiger partial charge in [0.2, 0.25) is 5.91 Å². The number of aromatic nitrogens is 5. The molecule has 0 bridgehead atoms. The highest BCUT2D eigenvalue weighted by Gasteiger charge is 2.45. The van der Waals surface area contributed by atoms with Crippen molar-refractivity contribution in [3.8, 4) is 17.3 Å². The number of carbonyl (C=O) groups excluding carboxylic acids is 1. The molecule has 3 aromatic heterocycles. The molecule has 1 atom stereocenters. The summed E-state index contributed by atoms with van der Waals surface area (Å²) >= 11 is 6.64. The Balaban J connectivity index is 1.14. The van der Waals surface area contributed by atoms with Crippen LogP contribution in [0, 0.1) is 12.7 Å². The molecule has 1 amide bonds. The van der Waals surface area contributed by atoms with Crippen LogP contribution in [0.3, 0.4) is 0 Å². The molecule has 0 N–H and O–H groups in total. The lowest BCUT2D eigenvalue weighted by atomic mass is 9.95. The summed E-state index contributed by atoms with van der Waals surface area (Å²) in [4.78, 5) is 42.2. The fraction of sp³-hybridized carbons (Fsp3) is 0.368. The largest absolute Gasteiger partial charge is 0.461 e. The average Bonchev–Trinajstić information content (AvgIpc) is 3.87. The van der Waals surface area contributed by atoms with Gasteiger partial charge >= 0.3 is 6.01 Å². The summed E-state index contributed by atoms with van der Waals surface area (Å²) in [5.74, 6) is 0.492. The van der Waals surface area contributed by atoms with E-state index < -0.39 is 5.82 Å². The van der Waals surface area contributed by atoms with Gasteiger partial charge < -0.3 is 14.5 Å². The van der Waals surface area contributed by atoms with Gasteiger partial charge in [0, 0.05) is 60.6 Å². The van der Waals surface area contributed by atoms with E-state index in [4.69, 9.17) is 26.3 Å². The summed E-state index contributed by atoms with van der Waals surface area (Å²) in [5.41, 5.74) is 1.53. The van der Waals surface area contributed by atoms with Gasteiger partial charge in [0.25, 0.3) is 0 Å². The van der Waals surface area contributed by atoms with Crippen LogP contribution in [0.15, 0.2) is 60.9 Å². The zero-order valence-corrected chi connectivity index (χ0v) is 28.9. The maximum Gasteiger partial charge on any atom is 0.319 e. The first kappa shape index (κ1) is 32.5. The van der Waals surface area contributed by atoms with Gasteiger partial charge in [-0.1, -0.05) is 41.9 Å². The van der Waals surface area contributed by atoms with Crippen LogP contribution in [0.25, 0.3) is 39.0 Å². The molecule has 2 aromatic carbocycles. The minimum absolute atomic E-state index is 0.0314. The first-order valence-corrected chi connectivity index (χ1v) is 17.6. The van der Waals surface area contributed by atoms with Crippen molar-refractivity contribution >= 4 is 51.1 Å². The fourth-order valence-electron chi connectivity index (χ4n) is 7.96. The summed E-state index contributed by atoms with van der Waals surface area (Å²) in [6.45, 7) is 5.45.